The Morgan fingerprint density at radius 3 is 2.49 bits per heavy atom. The van der Waals surface area contributed by atoms with Gasteiger partial charge >= 0.3 is 0 Å². The van der Waals surface area contributed by atoms with Crippen LogP contribution in [0.3, 0.4) is 0 Å². The van der Waals surface area contributed by atoms with Crippen molar-refractivity contribution in [2.24, 2.45) is 11.5 Å². The standard InChI is InChI=1S/C33H44ClFN8O3S/c1-22-9-3-4-11-26(22)42-43(2)33(46)28(12-5-6-16-36)41-31(45)27(13-7-17-37)40-19-23-10-8-18-39-32(23)47-29-15-14-25(34)30(35)24(29)20-38-21-44/h3-4,8-11,14-15,18,21,27-28,40,42H,5-7,12-13,16-17,19-20,36-37H2,1-2H3,(H,38,44)(H,41,45)/t27-,28-/m0/s1. The molecule has 0 radical (unpaired) electrons. The summed E-state index contributed by atoms with van der Waals surface area (Å²) in [6, 6.07) is 13.0. The SMILES string of the molecule is Cc1ccccc1NN(C)C(=O)[C@H](CCCCN)NC(=O)[C@H](CCCN)NCc1cccnc1Sc1ccc(Cl)c(F)c1CNC=O. The molecule has 0 saturated heterocycles. The van der Waals surface area contributed by atoms with Crippen LogP contribution in [-0.4, -0.2) is 60.4 Å². The summed E-state index contributed by atoms with van der Waals surface area (Å²) in [7, 11) is 1.63. The Morgan fingerprint density at radius 2 is 1.77 bits per heavy atom. The number of hydrogen-bond acceptors (Lipinski definition) is 9. The minimum absolute atomic E-state index is 0.0409. The lowest BCUT2D eigenvalue weighted by Gasteiger charge is -2.28. The van der Waals surface area contributed by atoms with Gasteiger partial charge in [0.25, 0.3) is 5.91 Å². The third-order valence-electron chi connectivity index (χ3n) is 7.45. The predicted octanol–water partition coefficient (Wildman–Crippen LogP) is 3.88. The molecule has 3 amide bonds. The Balaban J connectivity index is 1.77. The Hall–Kier alpha value is -3.75. The first-order valence-corrected chi connectivity index (χ1v) is 16.7. The first-order valence-electron chi connectivity index (χ1n) is 15.5. The lowest BCUT2D eigenvalue weighted by molar-refractivity contribution is -0.135. The number of amides is 3. The van der Waals surface area contributed by atoms with Gasteiger partial charge in [0.05, 0.1) is 16.8 Å². The Morgan fingerprint density at radius 1 is 1.02 bits per heavy atom. The highest BCUT2D eigenvalue weighted by Crippen LogP contribution is 2.34. The highest BCUT2D eigenvalue weighted by molar-refractivity contribution is 7.99. The highest BCUT2D eigenvalue weighted by atomic mass is 35.5. The fraction of sp³-hybridized carbons (Fsp3) is 0.394. The van der Waals surface area contributed by atoms with Crippen molar-refractivity contribution in [2.75, 3.05) is 25.6 Å². The van der Waals surface area contributed by atoms with Crippen molar-refractivity contribution in [3.8, 4) is 0 Å². The summed E-state index contributed by atoms with van der Waals surface area (Å²) < 4.78 is 14.9. The van der Waals surface area contributed by atoms with Crippen LogP contribution in [0.1, 0.15) is 48.8 Å². The molecular formula is C33H44ClFN8O3S. The number of carbonyl (C=O) groups is 3. The van der Waals surface area contributed by atoms with E-state index in [1.165, 1.54) is 22.8 Å². The number of benzene rings is 2. The maximum Gasteiger partial charge on any atom is 0.263 e. The number of halogens is 2. The number of para-hydroxylation sites is 1. The second-order valence-electron chi connectivity index (χ2n) is 10.9. The molecule has 0 fully saturated rings. The molecule has 0 aliphatic rings. The maximum absolute atomic E-state index is 14.9. The second kappa shape index (κ2) is 19.8. The number of nitrogens with zero attached hydrogens (tertiary/aromatic N) is 2. The van der Waals surface area contributed by atoms with Crippen molar-refractivity contribution in [3.63, 3.8) is 0 Å². The summed E-state index contributed by atoms with van der Waals surface area (Å²) in [6.07, 6.45) is 4.94. The number of hydrogen-bond donors (Lipinski definition) is 6. The molecule has 2 aromatic carbocycles. The minimum atomic E-state index is -0.777. The number of unbranched alkanes of at least 4 members (excludes halogenated alkanes) is 1. The number of carbonyl (C=O) groups excluding carboxylic acids is 3. The molecule has 254 valence electrons. The van der Waals surface area contributed by atoms with Crippen LogP contribution >= 0.6 is 23.4 Å². The van der Waals surface area contributed by atoms with E-state index in [-0.39, 0.29) is 35.5 Å². The van der Waals surface area contributed by atoms with E-state index in [0.717, 1.165) is 23.2 Å². The number of nitrogens with one attached hydrogen (secondary N) is 4. The van der Waals surface area contributed by atoms with Crippen molar-refractivity contribution in [1.82, 2.24) is 25.9 Å². The molecule has 11 nitrogen and oxygen atoms in total. The van der Waals surface area contributed by atoms with Crippen LogP contribution in [0.25, 0.3) is 0 Å². The van der Waals surface area contributed by atoms with Crippen LogP contribution in [0.15, 0.2) is 64.6 Å². The molecule has 47 heavy (non-hydrogen) atoms. The first kappa shape index (κ1) is 37.7. The molecular weight excluding hydrogens is 643 g/mol. The third-order valence-corrected chi connectivity index (χ3v) is 8.90. The quantitative estimate of drug-likeness (QED) is 0.0587. The van der Waals surface area contributed by atoms with Gasteiger partial charge in [-0.3, -0.25) is 24.8 Å². The number of nitrogens with two attached hydrogens (primary N) is 2. The van der Waals surface area contributed by atoms with Gasteiger partial charge in [0.2, 0.25) is 12.3 Å². The van der Waals surface area contributed by atoms with Crippen molar-refractivity contribution in [3.05, 3.63) is 82.3 Å². The summed E-state index contributed by atoms with van der Waals surface area (Å²) in [6.45, 7) is 3.04. The Kier molecular flexibility index (Phi) is 15.9. The predicted molar refractivity (Wildman–Crippen MR) is 184 cm³/mol. The zero-order valence-corrected chi connectivity index (χ0v) is 28.3. The summed E-state index contributed by atoms with van der Waals surface area (Å²) >= 11 is 7.23. The van der Waals surface area contributed by atoms with E-state index in [2.05, 4.69) is 26.4 Å². The first-order chi connectivity index (χ1) is 22.7. The zero-order chi connectivity index (χ0) is 34.2. The average molecular weight is 687 g/mol. The van der Waals surface area contributed by atoms with E-state index < -0.39 is 17.9 Å². The van der Waals surface area contributed by atoms with Gasteiger partial charge in [-0.05, 0) is 87.5 Å². The van der Waals surface area contributed by atoms with Gasteiger partial charge < -0.3 is 27.4 Å². The number of pyridine rings is 1. The van der Waals surface area contributed by atoms with Crippen LogP contribution in [0.4, 0.5) is 10.1 Å². The fourth-order valence-corrected chi connectivity index (χ4v) is 6.00. The molecule has 0 aliphatic heterocycles. The molecule has 0 unspecified atom stereocenters. The van der Waals surface area contributed by atoms with Crippen LogP contribution in [0.5, 0.6) is 0 Å². The second-order valence-corrected chi connectivity index (χ2v) is 12.4. The number of likely N-dealkylation sites (N-methyl/N-ethyl adjacent to an activating group) is 1. The van der Waals surface area contributed by atoms with Crippen LogP contribution < -0.4 is 32.8 Å². The number of rotatable bonds is 20. The van der Waals surface area contributed by atoms with E-state index in [1.54, 1.807) is 25.4 Å². The summed E-state index contributed by atoms with van der Waals surface area (Å²) in [5.74, 6) is -1.22. The van der Waals surface area contributed by atoms with Crippen LogP contribution in [0, 0.1) is 12.7 Å². The molecule has 0 spiro atoms. The molecule has 0 bridgehead atoms. The summed E-state index contributed by atoms with van der Waals surface area (Å²) in [5, 5.41) is 10.7. The Bertz CT molecular complexity index is 1480. The van der Waals surface area contributed by atoms with Gasteiger partial charge in [0.15, 0.2) is 0 Å². The molecule has 1 aromatic heterocycles. The number of aromatic nitrogens is 1. The molecule has 1 heterocycles. The lowest BCUT2D eigenvalue weighted by Crippen LogP contribution is -2.53. The van der Waals surface area contributed by atoms with Crippen molar-refractivity contribution < 1.29 is 18.8 Å². The number of aryl methyl sites for hydroxylation is 1. The van der Waals surface area contributed by atoms with E-state index in [4.69, 9.17) is 23.1 Å². The third kappa shape index (κ3) is 11.5. The molecule has 3 aromatic rings. The van der Waals surface area contributed by atoms with Crippen molar-refractivity contribution >= 4 is 47.3 Å². The van der Waals surface area contributed by atoms with Gasteiger partial charge in [-0.2, -0.15) is 0 Å². The van der Waals surface area contributed by atoms with Gasteiger partial charge in [0.1, 0.15) is 16.9 Å². The monoisotopic (exact) mass is 686 g/mol. The van der Waals surface area contributed by atoms with Gasteiger partial charge in [-0.15, -0.1) is 0 Å². The fourth-order valence-electron chi connectivity index (χ4n) is 4.81. The van der Waals surface area contributed by atoms with E-state index in [1.807, 2.05) is 37.3 Å². The normalized spacial score (nSPS) is 12.2. The van der Waals surface area contributed by atoms with E-state index >= 15 is 0 Å². The van der Waals surface area contributed by atoms with Gasteiger partial charge in [-0.25, -0.2) is 9.37 Å². The van der Waals surface area contributed by atoms with Crippen LogP contribution in [-0.2, 0) is 27.5 Å². The molecule has 0 aliphatic carbocycles. The highest BCUT2D eigenvalue weighted by Gasteiger charge is 2.28. The van der Waals surface area contributed by atoms with Gasteiger partial charge in [-0.1, -0.05) is 47.6 Å². The average Bonchev–Trinajstić information content (AvgIpc) is 3.07. The smallest absolute Gasteiger partial charge is 0.263 e. The molecule has 8 N–H and O–H groups in total. The summed E-state index contributed by atoms with van der Waals surface area (Å²) in [4.78, 5) is 43.2. The van der Waals surface area contributed by atoms with E-state index in [9.17, 15) is 18.8 Å². The largest absolute Gasteiger partial charge is 0.354 e. The zero-order valence-electron chi connectivity index (χ0n) is 26.7. The Labute approximate surface area is 284 Å². The molecule has 2 atom stereocenters. The molecule has 0 saturated carbocycles. The van der Waals surface area contributed by atoms with Crippen molar-refractivity contribution in [1.29, 1.82) is 0 Å². The molecule has 14 heteroatoms. The van der Waals surface area contributed by atoms with Crippen LogP contribution in [0.2, 0.25) is 5.02 Å². The summed E-state index contributed by atoms with van der Waals surface area (Å²) in [5.41, 5.74) is 17.4. The van der Waals surface area contributed by atoms with Crippen molar-refractivity contribution in [2.45, 2.75) is 74.1 Å². The topological polar surface area (TPSA) is 168 Å². The number of hydrazine groups is 1. The maximum atomic E-state index is 14.9. The lowest BCUT2D eigenvalue weighted by atomic mass is 10.1. The minimum Gasteiger partial charge on any atom is -0.354 e. The molecule has 3 rings (SSSR count). The number of anilines is 1. The van der Waals surface area contributed by atoms with Gasteiger partial charge in [0, 0.05) is 36.8 Å². The van der Waals surface area contributed by atoms with E-state index in [0.29, 0.717) is 55.1 Å².